The van der Waals surface area contributed by atoms with E-state index in [1.807, 2.05) is 0 Å². The normalized spacial score (nSPS) is 19.0. The van der Waals surface area contributed by atoms with Crippen LogP contribution in [0.5, 0.6) is 11.5 Å². The molecule has 6 heteroatoms. The van der Waals surface area contributed by atoms with Crippen molar-refractivity contribution in [1.29, 1.82) is 0 Å². The molecular formula is C53H49BN2OSi2. The van der Waals surface area contributed by atoms with Gasteiger partial charge in [-0.3, -0.25) is 0 Å². The predicted octanol–water partition coefficient (Wildman–Crippen LogP) is 9.57. The number of benzene rings is 7. The Bertz CT molecular complexity index is 2790. The Morgan fingerprint density at radius 1 is 0.475 bits per heavy atom. The number of fused-ring (bicyclic) bond motifs is 8. The van der Waals surface area contributed by atoms with Crippen molar-refractivity contribution in [2.24, 2.45) is 0 Å². The summed E-state index contributed by atoms with van der Waals surface area (Å²) >= 11 is 0. The van der Waals surface area contributed by atoms with E-state index in [4.69, 9.17) is 4.74 Å². The number of rotatable bonds is 1. The van der Waals surface area contributed by atoms with E-state index in [-0.39, 0.29) is 18.5 Å². The highest BCUT2D eigenvalue weighted by atomic mass is 28.3. The number of para-hydroxylation sites is 2. The van der Waals surface area contributed by atoms with Crippen molar-refractivity contribution in [2.75, 3.05) is 9.80 Å². The van der Waals surface area contributed by atoms with Crippen LogP contribution in [-0.2, 0) is 0 Å². The zero-order valence-electron chi connectivity index (χ0n) is 35.3. The molecule has 2 unspecified atom stereocenters. The molecule has 0 saturated carbocycles. The van der Waals surface area contributed by atoms with E-state index in [0.29, 0.717) is 5.92 Å². The van der Waals surface area contributed by atoms with Crippen molar-refractivity contribution in [1.82, 2.24) is 0 Å². The summed E-state index contributed by atoms with van der Waals surface area (Å²) in [5, 5.41) is 5.93. The summed E-state index contributed by atoms with van der Waals surface area (Å²) < 4.78 is 7.32. The minimum absolute atomic E-state index is 0.101. The maximum absolute atomic E-state index is 7.32. The van der Waals surface area contributed by atoms with Crippen LogP contribution in [0.1, 0.15) is 73.3 Å². The Kier molecular flexibility index (Phi) is 7.21. The van der Waals surface area contributed by atoms with Crippen LogP contribution < -0.4 is 51.7 Å². The molecule has 59 heavy (non-hydrogen) atoms. The number of hydrogen-bond donors (Lipinski definition) is 0. The summed E-state index contributed by atoms with van der Waals surface area (Å²) in [7, 11) is -4.11. The molecule has 12 rings (SSSR count). The largest absolute Gasteiger partial charge is 0.458 e. The van der Waals surface area contributed by atoms with Crippen molar-refractivity contribution in [3.05, 3.63) is 161 Å². The van der Waals surface area contributed by atoms with Crippen molar-refractivity contribution in [2.45, 2.75) is 71.6 Å². The second-order valence-corrected chi connectivity index (χ2v) is 27.8. The van der Waals surface area contributed by atoms with Crippen molar-refractivity contribution >= 4 is 94.1 Å². The van der Waals surface area contributed by atoms with Gasteiger partial charge in [0.15, 0.2) is 0 Å². The third kappa shape index (κ3) is 4.59. The Balaban J connectivity index is 1.29. The topological polar surface area (TPSA) is 15.7 Å². The van der Waals surface area contributed by atoms with E-state index in [0.717, 1.165) is 11.5 Å². The number of hydrogen-bond acceptors (Lipinski definition) is 3. The molecule has 5 heterocycles. The molecule has 3 nitrogen and oxygen atoms in total. The van der Waals surface area contributed by atoms with Crippen LogP contribution in [0.4, 0.5) is 34.1 Å². The van der Waals surface area contributed by atoms with Gasteiger partial charge in [0.1, 0.15) is 27.6 Å². The maximum atomic E-state index is 7.32. The van der Waals surface area contributed by atoms with Crippen LogP contribution in [0.25, 0.3) is 0 Å². The molecule has 0 saturated heterocycles. The summed E-state index contributed by atoms with van der Waals surface area (Å²) in [6.07, 6.45) is 0. The van der Waals surface area contributed by atoms with Gasteiger partial charge in [0.2, 0.25) is 0 Å². The SMILES string of the molecule is CC(C)c1cc2c3c(c1)C(C)c1ccc4c(c1)N(c1ccccc1[Si]4(C)C)c1cccc4c1B3c1c(cccc1N1c3ccccc3[Si](C)(C)c3ccc(cc31)C2C)O4. The van der Waals surface area contributed by atoms with Gasteiger partial charge in [0, 0.05) is 46.0 Å². The molecule has 288 valence electrons. The van der Waals surface area contributed by atoms with E-state index < -0.39 is 16.1 Å². The molecule has 7 aromatic rings. The Morgan fingerprint density at radius 2 is 0.898 bits per heavy atom. The van der Waals surface area contributed by atoms with Gasteiger partial charge in [-0.1, -0.05) is 144 Å². The smallest absolute Gasteiger partial charge is 0.257 e. The zero-order valence-corrected chi connectivity index (χ0v) is 37.3. The standard InChI is InChI=1S/C53H49BN2OSi2/c1-31(2)36-27-37-32(3)34-23-25-49-43(29-34)55(39-15-9-11-21-47(39)58(49,5)6)41-17-13-19-45-52(41)54-51(37)38(28-36)33(4)35-24-26-50-44(30-35)56(42-18-14-20-46(57-45)53(42)54)40-16-10-12-22-48(40)59(50,7)8/h9-33H,1-8H3. The molecule has 0 aromatic heterocycles. The lowest BCUT2D eigenvalue weighted by Crippen LogP contribution is -2.62. The van der Waals surface area contributed by atoms with Crippen LogP contribution in [0.3, 0.4) is 0 Å². The molecule has 0 radical (unpaired) electrons. The number of anilines is 6. The summed E-state index contributed by atoms with van der Waals surface area (Å²) in [6, 6.07) is 52.3. The third-order valence-electron chi connectivity index (χ3n) is 15.0. The van der Waals surface area contributed by atoms with Gasteiger partial charge < -0.3 is 14.5 Å². The summed E-state index contributed by atoms with van der Waals surface area (Å²) in [5.41, 5.74) is 18.6. The van der Waals surface area contributed by atoms with E-state index in [1.165, 1.54) is 99.1 Å². The molecule has 5 aliphatic rings. The van der Waals surface area contributed by atoms with Crippen LogP contribution in [0.15, 0.2) is 133 Å². The Labute approximate surface area is 351 Å². The molecule has 0 amide bonds. The van der Waals surface area contributed by atoms with Crippen molar-refractivity contribution in [3.8, 4) is 11.5 Å². The highest BCUT2D eigenvalue weighted by Crippen LogP contribution is 2.47. The molecule has 4 bridgehead atoms. The van der Waals surface area contributed by atoms with Crippen molar-refractivity contribution < 1.29 is 4.74 Å². The fourth-order valence-electron chi connectivity index (χ4n) is 11.8. The van der Waals surface area contributed by atoms with E-state index >= 15 is 0 Å². The highest BCUT2D eigenvalue weighted by molar-refractivity contribution is 7.04. The highest BCUT2D eigenvalue weighted by Gasteiger charge is 2.48. The quantitative estimate of drug-likeness (QED) is 0.154. The van der Waals surface area contributed by atoms with Gasteiger partial charge in [0.05, 0.1) is 0 Å². The average molecular weight is 797 g/mol. The van der Waals surface area contributed by atoms with Gasteiger partial charge in [-0.15, -0.1) is 0 Å². The molecule has 0 fully saturated rings. The predicted molar refractivity (Wildman–Crippen MR) is 256 cm³/mol. The van der Waals surface area contributed by atoms with Gasteiger partial charge in [-0.05, 0) is 114 Å². The molecule has 0 aliphatic carbocycles. The second kappa shape index (κ2) is 12.0. The first-order chi connectivity index (χ1) is 28.4. The Hall–Kier alpha value is -5.56. The molecule has 2 atom stereocenters. The van der Waals surface area contributed by atoms with Crippen LogP contribution in [0.2, 0.25) is 26.2 Å². The minimum atomic E-state index is -2.05. The fraction of sp³-hybridized carbons (Fsp3) is 0.208. The summed E-state index contributed by atoms with van der Waals surface area (Å²) in [5.74, 6) is 2.58. The van der Waals surface area contributed by atoms with Gasteiger partial charge in [-0.25, -0.2) is 0 Å². The lowest BCUT2D eigenvalue weighted by molar-refractivity contribution is 0.487. The first-order valence-corrected chi connectivity index (χ1v) is 27.6. The van der Waals surface area contributed by atoms with E-state index in [2.05, 4.69) is 197 Å². The zero-order chi connectivity index (χ0) is 40.3. The Morgan fingerprint density at radius 3 is 1.36 bits per heavy atom. The average Bonchev–Trinajstić information content (AvgIpc) is 3.24. The lowest BCUT2D eigenvalue weighted by Gasteiger charge is -2.46. The lowest BCUT2D eigenvalue weighted by atomic mass is 9.33. The van der Waals surface area contributed by atoms with Gasteiger partial charge in [-0.2, -0.15) is 0 Å². The summed E-state index contributed by atoms with van der Waals surface area (Å²) in [6.45, 7) is 19.7. The first-order valence-electron chi connectivity index (χ1n) is 21.6. The fourth-order valence-corrected chi connectivity index (χ4v) is 17.7. The molecule has 7 aromatic carbocycles. The molecular weight excluding hydrogens is 748 g/mol. The van der Waals surface area contributed by atoms with E-state index in [9.17, 15) is 0 Å². The van der Waals surface area contributed by atoms with E-state index in [1.54, 1.807) is 0 Å². The molecule has 5 aliphatic heterocycles. The monoisotopic (exact) mass is 796 g/mol. The minimum Gasteiger partial charge on any atom is -0.458 e. The van der Waals surface area contributed by atoms with Crippen LogP contribution >= 0.6 is 0 Å². The first kappa shape index (κ1) is 35.4. The van der Waals surface area contributed by atoms with Crippen LogP contribution in [-0.4, -0.2) is 22.9 Å². The molecule has 0 spiro atoms. The van der Waals surface area contributed by atoms with Gasteiger partial charge >= 0.3 is 0 Å². The van der Waals surface area contributed by atoms with Crippen LogP contribution in [0, 0.1) is 0 Å². The van der Waals surface area contributed by atoms with Gasteiger partial charge in [0.25, 0.3) is 6.71 Å². The maximum Gasteiger partial charge on any atom is 0.257 e. The second-order valence-electron chi connectivity index (χ2n) is 19.1. The number of ether oxygens (including phenoxy) is 1. The molecule has 0 N–H and O–H groups in total. The van der Waals surface area contributed by atoms with Crippen molar-refractivity contribution in [3.63, 3.8) is 0 Å². The number of nitrogens with zero attached hydrogens (tertiary/aromatic N) is 2. The summed E-state index contributed by atoms with van der Waals surface area (Å²) in [4.78, 5) is 5.24. The third-order valence-corrected chi connectivity index (χ3v) is 22.1.